The fraction of sp³-hybridized carbons (Fsp3) is 0.500. The second kappa shape index (κ2) is 8.08. The van der Waals surface area contributed by atoms with E-state index in [4.69, 9.17) is 9.47 Å². The quantitative estimate of drug-likeness (QED) is 0.852. The number of anilines is 2. The number of ether oxygens (including phenoxy) is 2. The van der Waals surface area contributed by atoms with Gasteiger partial charge in [-0.2, -0.15) is 0 Å². The summed E-state index contributed by atoms with van der Waals surface area (Å²) in [7, 11) is 0. The van der Waals surface area contributed by atoms with E-state index in [1.807, 2.05) is 31.2 Å². The van der Waals surface area contributed by atoms with E-state index in [-0.39, 0.29) is 5.91 Å². The zero-order chi connectivity index (χ0) is 20.4. The highest BCUT2D eigenvalue weighted by Gasteiger charge is 2.40. The fourth-order valence-corrected chi connectivity index (χ4v) is 3.94. The summed E-state index contributed by atoms with van der Waals surface area (Å²) in [6, 6.07) is 9.60. The number of aryl methyl sites for hydroxylation is 1. The minimum atomic E-state index is -0.443. The Bertz CT molecular complexity index is 883. The van der Waals surface area contributed by atoms with E-state index in [9.17, 15) is 4.79 Å². The molecule has 154 valence electrons. The summed E-state index contributed by atoms with van der Waals surface area (Å²) in [4.78, 5) is 24.1. The molecule has 1 spiro atoms. The minimum Gasteiger partial charge on any atom is -0.347 e. The number of nitrogens with one attached hydrogen (secondary N) is 1. The molecular formula is C22H28N4O3. The number of piperidine rings is 1. The number of hydrogen-bond acceptors (Lipinski definition) is 6. The number of para-hydroxylation sites is 1. The third-order valence-corrected chi connectivity index (χ3v) is 5.53. The van der Waals surface area contributed by atoms with Gasteiger partial charge in [-0.3, -0.25) is 4.79 Å². The molecule has 2 aromatic rings. The third-order valence-electron chi connectivity index (χ3n) is 5.53. The predicted octanol–water partition coefficient (Wildman–Crippen LogP) is 3.50. The lowest BCUT2D eigenvalue weighted by Gasteiger charge is -2.37. The van der Waals surface area contributed by atoms with Crippen molar-refractivity contribution >= 4 is 17.5 Å². The third kappa shape index (κ3) is 4.26. The molecule has 7 nitrogen and oxygen atoms in total. The molecule has 1 amide bonds. The van der Waals surface area contributed by atoms with Crippen LogP contribution in [-0.2, 0) is 9.47 Å². The summed E-state index contributed by atoms with van der Waals surface area (Å²) in [5.41, 5.74) is 3.07. The smallest absolute Gasteiger partial charge is 0.274 e. The lowest BCUT2D eigenvalue weighted by atomic mass is 10.0. The van der Waals surface area contributed by atoms with Gasteiger partial charge in [0.2, 0.25) is 5.95 Å². The first-order chi connectivity index (χ1) is 14.0. The average Bonchev–Trinajstić information content (AvgIpc) is 3.16. The van der Waals surface area contributed by atoms with Crippen molar-refractivity contribution in [3.63, 3.8) is 0 Å². The summed E-state index contributed by atoms with van der Waals surface area (Å²) in [5.74, 6) is 0.233. The molecule has 0 bridgehead atoms. The second-order valence-electron chi connectivity index (χ2n) is 7.99. The van der Waals surface area contributed by atoms with Gasteiger partial charge in [0.1, 0.15) is 5.69 Å². The number of carbonyl (C=O) groups is 1. The van der Waals surface area contributed by atoms with Gasteiger partial charge >= 0.3 is 0 Å². The van der Waals surface area contributed by atoms with E-state index < -0.39 is 5.79 Å². The summed E-state index contributed by atoms with van der Waals surface area (Å²) < 4.78 is 11.6. The monoisotopic (exact) mass is 396 g/mol. The van der Waals surface area contributed by atoms with E-state index in [1.165, 1.54) is 0 Å². The molecule has 0 aliphatic carbocycles. The van der Waals surface area contributed by atoms with Crippen LogP contribution in [0.2, 0.25) is 0 Å². The molecule has 0 unspecified atom stereocenters. The number of nitrogens with zero attached hydrogens (tertiary/aromatic N) is 3. The van der Waals surface area contributed by atoms with E-state index in [1.54, 1.807) is 6.07 Å². The van der Waals surface area contributed by atoms with Crippen molar-refractivity contribution in [3.8, 4) is 0 Å². The highest BCUT2D eigenvalue weighted by molar-refractivity contribution is 6.03. The molecular weight excluding hydrogens is 368 g/mol. The Labute approximate surface area is 171 Å². The Morgan fingerprint density at radius 2 is 1.83 bits per heavy atom. The van der Waals surface area contributed by atoms with Crippen molar-refractivity contribution in [2.24, 2.45) is 0 Å². The Kier molecular flexibility index (Phi) is 5.52. The van der Waals surface area contributed by atoms with Crippen LogP contribution in [0.1, 0.15) is 54.4 Å². The Balaban J connectivity index is 1.51. The van der Waals surface area contributed by atoms with E-state index in [0.29, 0.717) is 30.8 Å². The molecule has 2 saturated heterocycles. The van der Waals surface area contributed by atoms with Crippen LogP contribution < -0.4 is 10.2 Å². The number of rotatable bonds is 4. The first-order valence-corrected chi connectivity index (χ1v) is 10.2. The van der Waals surface area contributed by atoms with Gasteiger partial charge in [0.25, 0.3) is 5.91 Å². The molecule has 29 heavy (non-hydrogen) atoms. The molecule has 2 aliphatic rings. The summed E-state index contributed by atoms with van der Waals surface area (Å²) in [6.45, 7) is 8.89. The topological polar surface area (TPSA) is 76.6 Å². The number of amides is 1. The van der Waals surface area contributed by atoms with Gasteiger partial charge < -0.3 is 19.7 Å². The van der Waals surface area contributed by atoms with Gasteiger partial charge in [-0.25, -0.2) is 9.97 Å². The molecule has 4 rings (SSSR count). The van der Waals surface area contributed by atoms with Crippen LogP contribution in [0.5, 0.6) is 0 Å². The van der Waals surface area contributed by atoms with Crippen LogP contribution in [0.25, 0.3) is 0 Å². The van der Waals surface area contributed by atoms with E-state index in [2.05, 4.69) is 34.0 Å². The Morgan fingerprint density at radius 1 is 1.14 bits per heavy atom. The fourth-order valence-electron chi connectivity index (χ4n) is 3.94. The highest BCUT2D eigenvalue weighted by Crippen LogP contribution is 2.32. The zero-order valence-electron chi connectivity index (χ0n) is 17.3. The van der Waals surface area contributed by atoms with E-state index in [0.717, 1.165) is 42.9 Å². The van der Waals surface area contributed by atoms with E-state index >= 15 is 0 Å². The minimum absolute atomic E-state index is 0.221. The lowest BCUT2D eigenvalue weighted by molar-refractivity contribution is -0.169. The number of hydrogen-bond donors (Lipinski definition) is 1. The van der Waals surface area contributed by atoms with Crippen molar-refractivity contribution in [3.05, 3.63) is 47.3 Å². The van der Waals surface area contributed by atoms with Crippen LogP contribution in [0, 0.1) is 6.92 Å². The Morgan fingerprint density at radius 3 is 2.52 bits per heavy atom. The van der Waals surface area contributed by atoms with Crippen molar-refractivity contribution in [1.82, 2.24) is 9.97 Å². The van der Waals surface area contributed by atoms with Crippen LogP contribution >= 0.6 is 0 Å². The van der Waals surface area contributed by atoms with Crippen LogP contribution in [0.15, 0.2) is 30.3 Å². The molecule has 0 saturated carbocycles. The van der Waals surface area contributed by atoms with Crippen LogP contribution in [0.4, 0.5) is 11.6 Å². The SMILES string of the molecule is Cc1cc(C(=O)Nc2ccccc2C(C)C)nc(N2CCC3(CC2)OCCO3)n1. The van der Waals surface area contributed by atoms with Crippen molar-refractivity contribution in [2.45, 2.75) is 45.3 Å². The standard InChI is InChI=1S/C22H28N4O3/c1-15(2)17-6-4-5-7-18(17)24-20(27)19-14-16(3)23-21(25-19)26-10-8-22(9-11-26)28-12-13-29-22/h4-7,14-15H,8-13H2,1-3H3,(H,24,27). The first kappa shape index (κ1) is 19.8. The van der Waals surface area contributed by atoms with Gasteiger partial charge in [-0.15, -0.1) is 0 Å². The van der Waals surface area contributed by atoms with Gasteiger partial charge in [-0.05, 0) is 30.5 Å². The molecule has 1 aromatic carbocycles. The maximum Gasteiger partial charge on any atom is 0.274 e. The number of aromatic nitrogens is 2. The summed E-state index contributed by atoms with van der Waals surface area (Å²) in [5, 5.41) is 3.02. The van der Waals surface area contributed by atoms with Gasteiger partial charge in [0.05, 0.1) is 13.2 Å². The first-order valence-electron chi connectivity index (χ1n) is 10.2. The van der Waals surface area contributed by atoms with Gasteiger partial charge in [0.15, 0.2) is 5.79 Å². The van der Waals surface area contributed by atoms with Crippen molar-refractivity contribution in [1.29, 1.82) is 0 Å². The van der Waals surface area contributed by atoms with Gasteiger partial charge in [-0.1, -0.05) is 32.0 Å². The summed E-state index contributed by atoms with van der Waals surface area (Å²) in [6.07, 6.45) is 1.54. The lowest BCUT2D eigenvalue weighted by Crippen LogP contribution is -2.45. The van der Waals surface area contributed by atoms with Crippen LogP contribution in [-0.4, -0.2) is 48.0 Å². The van der Waals surface area contributed by atoms with Crippen LogP contribution in [0.3, 0.4) is 0 Å². The zero-order valence-corrected chi connectivity index (χ0v) is 17.3. The molecule has 2 fully saturated rings. The predicted molar refractivity (Wildman–Crippen MR) is 111 cm³/mol. The van der Waals surface area contributed by atoms with Gasteiger partial charge in [0, 0.05) is 37.3 Å². The molecule has 3 heterocycles. The Hall–Kier alpha value is -2.51. The maximum atomic E-state index is 12.9. The average molecular weight is 396 g/mol. The molecule has 0 atom stereocenters. The molecule has 1 N–H and O–H groups in total. The number of carbonyl (C=O) groups excluding carboxylic acids is 1. The summed E-state index contributed by atoms with van der Waals surface area (Å²) >= 11 is 0. The molecule has 0 radical (unpaired) electrons. The maximum absolute atomic E-state index is 12.9. The molecule has 7 heteroatoms. The molecule has 1 aromatic heterocycles. The number of benzene rings is 1. The largest absolute Gasteiger partial charge is 0.347 e. The molecule has 2 aliphatic heterocycles. The highest BCUT2D eigenvalue weighted by atomic mass is 16.7. The van der Waals surface area contributed by atoms with Crippen molar-refractivity contribution < 1.29 is 14.3 Å². The van der Waals surface area contributed by atoms with Crippen molar-refractivity contribution in [2.75, 3.05) is 36.5 Å². The second-order valence-corrected chi connectivity index (χ2v) is 7.99. The normalized spacial score (nSPS) is 18.4.